The minimum atomic E-state index is -0.0901. The fraction of sp³-hybridized carbons (Fsp3) is 0.154. The summed E-state index contributed by atoms with van der Waals surface area (Å²) in [5, 5.41) is 7.25. The van der Waals surface area contributed by atoms with Gasteiger partial charge in [-0.2, -0.15) is 0 Å². The zero-order valence-electron chi connectivity index (χ0n) is 17.3. The summed E-state index contributed by atoms with van der Waals surface area (Å²) in [7, 11) is 0. The third-order valence-corrected chi connectivity index (χ3v) is 5.28. The highest BCUT2D eigenvalue weighted by molar-refractivity contribution is 6.07. The molecule has 0 bridgehead atoms. The summed E-state index contributed by atoms with van der Waals surface area (Å²) in [4.78, 5) is 17.7. The maximum Gasteiger partial charge on any atom is 0.252 e. The van der Waals surface area contributed by atoms with Gasteiger partial charge in [0.05, 0.1) is 11.1 Å². The van der Waals surface area contributed by atoms with E-state index in [0.29, 0.717) is 17.9 Å². The number of carbonyl (C=O) groups excluding carboxylic acids is 1. The summed E-state index contributed by atoms with van der Waals surface area (Å²) in [5.41, 5.74) is 6.02. The molecule has 0 atom stereocenters. The van der Waals surface area contributed by atoms with Gasteiger partial charge in [-0.25, -0.2) is 4.98 Å². The van der Waals surface area contributed by atoms with Crippen molar-refractivity contribution in [3.8, 4) is 0 Å². The largest absolute Gasteiger partial charge is 0.352 e. The number of anilines is 2. The van der Waals surface area contributed by atoms with Gasteiger partial charge in [0.25, 0.3) is 5.91 Å². The van der Waals surface area contributed by atoms with Crippen molar-refractivity contribution in [2.75, 3.05) is 11.9 Å². The number of pyridine rings is 1. The predicted octanol–water partition coefficient (Wildman–Crippen LogP) is 5.57. The average molecular weight is 396 g/mol. The van der Waals surface area contributed by atoms with Crippen molar-refractivity contribution in [1.29, 1.82) is 0 Å². The quantitative estimate of drug-likeness (QED) is 0.449. The molecule has 0 radical (unpaired) electrons. The highest BCUT2D eigenvalue weighted by Crippen LogP contribution is 2.24. The lowest BCUT2D eigenvalue weighted by Crippen LogP contribution is -2.26. The molecular formula is C26H25N3O. The number of hydrogen-bond acceptors (Lipinski definition) is 3. The second-order valence-electron chi connectivity index (χ2n) is 7.49. The van der Waals surface area contributed by atoms with Crippen LogP contribution in [0.3, 0.4) is 0 Å². The Hall–Kier alpha value is -3.66. The third-order valence-electron chi connectivity index (χ3n) is 5.28. The first-order chi connectivity index (χ1) is 14.6. The summed E-state index contributed by atoms with van der Waals surface area (Å²) in [6, 6.07) is 25.9. The molecule has 0 aliphatic carbocycles. The molecule has 0 spiro atoms. The first-order valence-electron chi connectivity index (χ1n) is 10.2. The molecule has 4 heteroatoms. The molecule has 1 amide bonds. The summed E-state index contributed by atoms with van der Waals surface area (Å²) < 4.78 is 0. The highest BCUT2D eigenvalue weighted by Gasteiger charge is 2.13. The molecule has 0 saturated carbocycles. The lowest BCUT2D eigenvalue weighted by atomic mass is 10.1. The van der Waals surface area contributed by atoms with Crippen molar-refractivity contribution in [3.63, 3.8) is 0 Å². The van der Waals surface area contributed by atoms with E-state index < -0.39 is 0 Å². The van der Waals surface area contributed by atoms with Crippen LogP contribution in [-0.2, 0) is 6.42 Å². The minimum absolute atomic E-state index is 0.0901. The number of aromatic nitrogens is 1. The van der Waals surface area contributed by atoms with Crippen LogP contribution >= 0.6 is 0 Å². The zero-order chi connectivity index (χ0) is 20.9. The van der Waals surface area contributed by atoms with E-state index in [1.807, 2.05) is 54.6 Å². The van der Waals surface area contributed by atoms with Crippen molar-refractivity contribution in [2.45, 2.75) is 20.3 Å². The van der Waals surface area contributed by atoms with Crippen LogP contribution < -0.4 is 10.6 Å². The Balaban J connectivity index is 1.58. The number of amides is 1. The zero-order valence-corrected chi connectivity index (χ0v) is 17.3. The molecule has 1 heterocycles. The van der Waals surface area contributed by atoms with Crippen LogP contribution in [0.15, 0.2) is 78.9 Å². The Bertz CT molecular complexity index is 1190. The standard InChI is InChI=1S/C26H25N3O/c1-18-12-13-21(16-19(18)2)28-25-17-23(22-10-6-7-11-24(22)29-25)26(30)27-15-14-20-8-4-3-5-9-20/h3-13,16-17H,14-15H2,1-2H3,(H,27,30)(H,28,29). The van der Waals surface area contributed by atoms with E-state index in [1.165, 1.54) is 16.7 Å². The van der Waals surface area contributed by atoms with E-state index in [9.17, 15) is 4.79 Å². The average Bonchev–Trinajstić information content (AvgIpc) is 2.76. The number of carbonyl (C=O) groups is 1. The van der Waals surface area contributed by atoms with Gasteiger partial charge < -0.3 is 10.6 Å². The summed E-state index contributed by atoms with van der Waals surface area (Å²) in [5.74, 6) is 0.567. The topological polar surface area (TPSA) is 54.0 Å². The number of nitrogens with one attached hydrogen (secondary N) is 2. The number of rotatable bonds is 6. The second kappa shape index (κ2) is 8.78. The van der Waals surface area contributed by atoms with Crippen LogP contribution in [-0.4, -0.2) is 17.4 Å². The SMILES string of the molecule is Cc1ccc(Nc2cc(C(=O)NCCc3ccccc3)c3ccccc3n2)cc1C. The Morgan fingerprint density at radius 1 is 0.867 bits per heavy atom. The van der Waals surface area contributed by atoms with Gasteiger partial charge in [0, 0.05) is 17.6 Å². The van der Waals surface area contributed by atoms with Crippen LogP contribution in [0.1, 0.15) is 27.0 Å². The first kappa shape index (κ1) is 19.6. The second-order valence-corrected chi connectivity index (χ2v) is 7.49. The number of para-hydroxylation sites is 1. The molecule has 30 heavy (non-hydrogen) atoms. The minimum Gasteiger partial charge on any atom is -0.352 e. The van der Waals surface area contributed by atoms with Gasteiger partial charge in [-0.15, -0.1) is 0 Å². The summed E-state index contributed by atoms with van der Waals surface area (Å²) >= 11 is 0. The maximum atomic E-state index is 13.0. The molecule has 0 aliphatic rings. The Kier molecular flexibility index (Phi) is 5.75. The lowest BCUT2D eigenvalue weighted by Gasteiger charge is -2.13. The van der Waals surface area contributed by atoms with Crippen molar-refractivity contribution < 1.29 is 4.79 Å². The third kappa shape index (κ3) is 4.49. The molecule has 4 aromatic rings. The van der Waals surface area contributed by atoms with E-state index in [-0.39, 0.29) is 5.91 Å². The van der Waals surface area contributed by atoms with E-state index in [0.717, 1.165) is 23.0 Å². The van der Waals surface area contributed by atoms with Gasteiger partial charge in [0.2, 0.25) is 0 Å². The van der Waals surface area contributed by atoms with Gasteiger partial charge >= 0.3 is 0 Å². The first-order valence-corrected chi connectivity index (χ1v) is 10.2. The molecule has 0 fully saturated rings. The van der Waals surface area contributed by atoms with Gasteiger partial charge in [0.15, 0.2) is 0 Å². The monoisotopic (exact) mass is 395 g/mol. The number of benzene rings is 3. The van der Waals surface area contributed by atoms with Crippen molar-refractivity contribution in [1.82, 2.24) is 10.3 Å². The molecule has 1 aromatic heterocycles. The Morgan fingerprint density at radius 2 is 1.63 bits per heavy atom. The van der Waals surface area contributed by atoms with Crippen LogP contribution in [0.4, 0.5) is 11.5 Å². The van der Waals surface area contributed by atoms with Crippen molar-refractivity contribution in [2.24, 2.45) is 0 Å². The molecular weight excluding hydrogens is 370 g/mol. The van der Waals surface area contributed by atoms with Gasteiger partial charge in [-0.05, 0) is 61.2 Å². The molecule has 150 valence electrons. The molecule has 4 rings (SSSR count). The molecule has 3 aromatic carbocycles. The number of fused-ring (bicyclic) bond motifs is 1. The van der Waals surface area contributed by atoms with Crippen LogP contribution in [0, 0.1) is 13.8 Å². The van der Waals surface area contributed by atoms with Crippen molar-refractivity contribution >= 4 is 28.3 Å². The number of hydrogen-bond donors (Lipinski definition) is 2. The van der Waals surface area contributed by atoms with Gasteiger partial charge in [-0.1, -0.05) is 54.6 Å². The van der Waals surface area contributed by atoms with Gasteiger partial charge in [-0.3, -0.25) is 4.79 Å². The smallest absolute Gasteiger partial charge is 0.252 e. The van der Waals surface area contributed by atoms with E-state index >= 15 is 0 Å². The van der Waals surface area contributed by atoms with E-state index in [4.69, 9.17) is 4.98 Å². The molecule has 4 nitrogen and oxygen atoms in total. The van der Waals surface area contributed by atoms with Crippen molar-refractivity contribution in [3.05, 3.63) is 101 Å². The van der Waals surface area contributed by atoms with E-state index in [2.05, 4.69) is 48.7 Å². The highest BCUT2D eigenvalue weighted by atomic mass is 16.1. The Labute approximate surface area is 177 Å². The normalized spacial score (nSPS) is 10.7. The van der Waals surface area contributed by atoms with Crippen LogP contribution in [0.5, 0.6) is 0 Å². The number of nitrogens with zero attached hydrogens (tertiary/aromatic N) is 1. The maximum absolute atomic E-state index is 13.0. The fourth-order valence-electron chi connectivity index (χ4n) is 3.45. The summed E-state index contributed by atoms with van der Waals surface area (Å²) in [6.45, 7) is 4.75. The van der Waals surface area contributed by atoms with Gasteiger partial charge in [0.1, 0.15) is 5.82 Å². The molecule has 0 saturated heterocycles. The Morgan fingerprint density at radius 3 is 2.43 bits per heavy atom. The molecule has 0 unspecified atom stereocenters. The molecule has 2 N–H and O–H groups in total. The fourth-order valence-corrected chi connectivity index (χ4v) is 3.45. The summed E-state index contributed by atoms with van der Waals surface area (Å²) in [6.07, 6.45) is 0.795. The van der Waals surface area contributed by atoms with Crippen LogP contribution in [0.25, 0.3) is 10.9 Å². The lowest BCUT2D eigenvalue weighted by molar-refractivity contribution is 0.0956. The predicted molar refractivity (Wildman–Crippen MR) is 123 cm³/mol. The molecule has 0 aliphatic heterocycles. The van der Waals surface area contributed by atoms with E-state index in [1.54, 1.807) is 0 Å². The number of aryl methyl sites for hydroxylation is 2. The van der Waals surface area contributed by atoms with Crippen LogP contribution in [0.2, 0.25) is 0 Å².